The molecule has 0 bridgehead atoms. The van der Waals surface area contributed by atoms with Crippen LogP contribution in [0.15, 0.2) is 18.2 Å². The van der Waals surface area contributed by atoms with Crippen LogP contribution in [0.25, 0.3) is 0 Å². The molecular weight excluding hydrogens is 244 g/mol. The molecule has 1 unspecified atom stereocenters. The van der Waals surface area contributed by atoms with Crippen molar-refractivity contribution >= 4 is 17.7 Å². The first-order valence-corrected chi connectivity index (χ1v) is 5.50. The van der Waals surface area contributed by atoms with Gasteiger partial charge >= 0.3 is 6.09 Å². The number of nitrogens with one attached hydrogen (secondary N) is 1. The van der Waals surface area contributed by atoms with Gasteiger partial charge in [-0.2, -0.15) is 0 Å². The standard InChI is InChI=1S/C11H13ClN2O3/c1-16-9-3-2-7(4-8(9)12)11(5-13)6-14-10(15)17-11/h2-4H,5-6,13H2,1H3,(H,14,15). The second kappa shape index (κ2) is 4.43. The maximum atomic E-state index is 11.2. The average Bonchev–Trinajstić information content (AvgIpc) is 2.72. The Morgan fingerprint density at radius 1 is 1.65 bits per heavy atom. The fourth-order valence-electron chi connectivity index (χ4n) is 1.81. The summed E-state index contributed by atoms with van der Waals surface area (Å²) < 4.78 is 10.3. The zero-order chi connectivity index (χ0) is 12.5. The maximum Gasteiger partial charge on any atom is 0.408 e. The van der Waals surface area contributed by atoms with E-state index in [-0.39, 0.29) is 6.54 Å². The lowest BCUT2D eigenvalue weighted by Crippen LogP contribution is -2.38. The van der Waals surface area contributed by atoms with Crippen molar-refractivity contribution in [3.63, 3.8) is 0 Å². The van der Waals surface area contributed by atoms with E-state index in [2.05, 4.69) is 5.32 Å². The molecule has 0 aromatic heterocycles. The molecule has 0 spiro atoms. The summed E-state index contributed by atoms with van der Waals surface area (Å²) in [6, 6.07) is 5.21. The van der Waals surface area contributed by atoms with Gasteiger partial charge in [-0.1, -0.05) is 17.7 Å². The summed E-state index contributed by atoms with van der Waals surface area (Å²) in [5.41, 5.74) is 5.61. The molecular formula is C11H13ClN2O3. The molecule has 1 fully saturated rings. The van der Waals surface area contributed by atoms with E-state index in [4.69, 9.17) is 26.8 Å². The molecule has 6 heteroatoms. The van der Waals surface area contributed by atoms with Crippen molar-refractivity contribution in [3.05, 3.63) is 28.8 Å². The van der Waals surface area contributed by atoms with Crippen molar-refractivity contribution in [1.82, 2.24) is 5.32 Å². The monoisotopic (exact) mass is 256 g/mol. The molecule has 5 nitrogen and oxygen atoms in total. The molecule has 3 N–H and O–H groups in total. The first kappa shape index (κ1) is 12.0. The highest BCUT2D eigenvalue weighted by molar-refractivity contribution is 6.32. The number of halogens is 1. The van der Waals surface area contributed by atoms with Gasteiger partial charge in [0.2, 0.25) is 0 Å². The van der Waals surface area contributed by atoms with Gasteiger partial charge in [0, 0.05) is 12.1 Å². The predicted octanol–water partition coefficient (Wildman–Crippen LogP) is 1.24. The SMILES string of the molecule is COc1ccc(C2(CN)CNC(=O)O2)cc1Cl. The van der Waals surface area contributed by atoms with E-state index >= 15 is 0 Å². The van der Waals surface area contributed by atoms with E-state index in [1.54, 1.807) is 18.2 Å². The highest BCUT2D eigenvalue weighted by Gasteiger charge is 2.41. The summed E-state index contributed by atoms with van der Waals surface area (Å²) in [5.74, 6) is 0.569. The van der Waals surface area contributed by atoms with E-state index < -0.39 is 11.7 Å². The van der Waals surface area contributed by atoms with Crippen molar-refractivity contribution in [1.29, 1.82) is 0 Å². The van der Waals surface area contributed by atoms with Crippen molar-refractivity contribution in [3.8, 4) is 5.75 Å². The van der Waals surface area contributed by atoms with Crippen LogP contribution in [-0.2, 0) is 10.3 Å². The average molecular weight is 257 g/mol. The summed E-state index contributed by atoms with van der Waals surface area (Å²) in [5, 5.41) is 3.05. The number of carbonyl (C=O) groups excluding carboxylic acids is 1. The molecule has 1 aliphatic rings. The fourth-order valence-corrected chi connectivity index (χ4v) is 2.06. The Morgan fingerprint density at radius 2 is 2.41 bits per heavy atom. The number of hydrogen-bond donors (Lipinski definition) is 2. The number of ether oxygens (including phenoxy) is 2. The second-order valence-electron chi connectivity index (χ2n) is 3.79. The summed E-state index contributed by atoms with van der Waals surface area (Å²) in [6.45, 7) is 0.527. The molecule has 0 aliphatic carbocycles. The summed E-state index contributed by atoms with van der Waals surface area (Å²) >= 11 is 6.04. The van der Waals surface area contributed by atoms with E-state index in [0.717, 1.165) is 5.56 Å². The largest absolute Gasteiger partial charge is 0.495 e. The van der Waals surface area contributed by atoms with E-state index in [1.165, 1.54) is 7.11 Å². The fraction of sp³-hybridized carbons (Fsp3) is 0.364. The van der Waals surface area contributed by atoms with Gasteiger partial charge < -0.3 is 20.5 Å². The van der Waals surface area contributed by atoms with Crippen LogP contribution in [0.4, 0.5) is 4.79 Å². The smallest absolute Gasteiger partial charge is 0.408 e. The van der Waals surface area contributed by atoms with Gasteiger partial charge in [-0.05, 0) is 12.1 Å². The molecule has 1 aromatic rings. The highest BCUT2D eigenvalue weighted by Crippen LogP contribution is 2.33. The van der Waals surface area contributed by atoms with Crippen molar-refractivity contribution in [2.24, 2.45) is 5.73 Å². The van der Waals surface area contributed by atoms with Gasteiger partial charge in [0.1, 0.15) is 5.75 Å². The van der Waals surface area contributed by atoms with E-state index in [9.17, 15) is 4.79 Å². The Balaban J connectivity index is 2.38. The Bertz CT molecular complexity index is 452. The molecule has 2 rings (SSSR count). The molecule has 1 aromatic carbocycles. The minimum absolute atomic E-state index is 0.189. The number of amides is 1. The van der Waals surface area contributed by atoms with Crippen LogP contribution in [0, 0.1) is 0 Å². The Labute approximate surface area is 104 Å². The number of methoxy groups -OCH3 is 1. The summed E-state index contributed by atoms with van der Waals surface area (Å²) in [7, 11) is 1.54. The molecule has 1 aliphatic heterocycles. The van der Waals surface area contributed by atoms with Crippen LogP contribution in [0.1, 0.15) is 5.56 Å². The first-order valence-electron chi connectivity index (χ1n) is 5.12. The second-order valence-corrected chi connectivity index (χ2v) is 4.20. The number of carbonyl (C=O) groups is 1. The summed E-state index contributed by atoms with van der Waals surface area (Å²) in [4.78, 5) is 11.2. The molecule has 1 saturated heterocycles. The predicted molar refractivity (Wildman–Crippen MR) is 63.2 cm³/mol. The molecule has 92 valence electrons. The number of cyclic esters (lactones) is 1. The summed E-state index contributed by atoms with van der Waals surface area (Å²) in [6.07, 6.45) is -0.470. The van der Waals surface area contributed by atoms with Gasteiger partial charge in [-0.15, -0.1) is 0 Å². The first-order chi connectivity index (χ1) is 8.11. The molecule has 1 heterocycles. The number of alkyl carbamates (subject to hydrolysis) is 1. The number of nitrogens with two attached hydrogens (primary N) is 1. The number of rotatable bonds is 3. The third-order valence-electron chi connectivity index (χ3n) is 2.81. The quantitative estimate of drug-likeness (QED) is 0.853. The van der Waals surface area contributed by atoms with Crippen LogP contribution in [0.3, 0.4) is 0 Å². The lowest BCUT2D eigenvalue weighted by Gasteiger charge is -2.25. The number of hydrogen-bond acceptors (Lipinski definition) is 4. The Hall–Kier alpha value is -1.46. The van der Waals surface area contributed by atoms with Crippen LogP contribution in [0.2, 0.25) is 5.02 Å². The Kier molecular flexibility index (Phi) is 3.13. The van der Waals surface area contributed by atoms with Crippen molar-refractivity contribution < 1.29 is 14.3 Å². The van der Waals surface area contributed by atoms with Crippen molar-refractivity contribution in [2.75, 3.05) is 20.2 Å². The maximum absolute atomic E-state index is 11.2. The third-order valence-corrected chi connectivity index (χ3v) is 3.11. The van der Waals surface area contributed by atoms with Gasteiger partial charge in [-0.3, -0.25) is 0 Å². The van der Waals surface area contributed by atoms with Crippen LogP contribution in [-0.4, -0.2) is 26.3 Å². The Morgan fingerprint density at radius 3 is 2.88 bits per heavy atom. The van der Waals surface area contributed by atoms with Gasteiger partial charge in [0.25, 0.3) is 0 Å². The molecule has 1 atom stereocenters. The molecule has 17 heavy (non-hydrogen) atoms. The van der Waals surface area contributed by atoms with Crippen molar-refractivity contribution in [2.45, 2.75) is 5.60 Å². The zero-order valence-electron chi connectivity index (χ0n) is 9.33. The minimum Gasteiger partial charge on any atom is -0.495 e. The lowest BCUT2D eigenvalue weighted by molar-refractivity contribution is 0.0617. The normalized spacial score (nSPS) is 23.1. The zero-order valence-corrected chi connectivity index (χ0v) is 10.1. The van der Waals surface area contributed by atoms with E-state index in [1.807, 2.05) is 0 Å². The molecule has 0 radical (unpaired) electrons. The molecule has 0 saturated carbocycles. The number of benzene rings is 1. The molecule has 1 amide bonds. The van der Waals surface area contributed by atoms with Crippen LogP contribution < -0.4 is 15.8 Å². The lowest BCUT2D eigenvalue weighted by atomic mass is 9.94. The van der Waals surface area contributed by atoms with Gasteiger partial charge in [0.05, 0.1) is 18.7 Å². The minimum atomic E-state index is -0.840. The van der Waals surface area contributed by atoms with Gasteiger partial charge in [-0.25, -0.2) is 4.79 Å². The highest BCUT2D eigenvalue weighted by atomic mass is 35.5. The topological polar surface area (TPSA) is 73.6 Å². The van der Waals surface area contributed by atoms with Gasteiger partial charge in [0.15, 0.2) is 5.60 Å². The third kappa shape index (κ3) is 2.03. The van der Waals surface area contributed by atoms with Crippen LogP contribution in [0.5, 0.6) is 5.75 Å². The van der Waals surface area contributed by atoms with E-state index in [0.29, 0.717) is 17.3 Å². The van der Waals surface area contributed by atoms with Crippen LogP contribution >= 0.6 is 11.6 Å².